The molecule has 1 fully saturated rings. The monoisotopic (exact) mass is 212 g/mol. The van der Waals surface area contributed by atoms with Gasteiger partial charge in [-0.15, -0.1) is 0 Å². The Bertz CT molecular complexity index is 186. The molecule has 15 heavy (non-hydrogen) atoms. The van der Waals surface area contributed by atoms with E-state index >= 15 is 0 Å². The van der Waals surface area contributed by atoms with Crippen LogP contribution in [0.3, 0.4) is 0 Å². The van der Waals surface area contributed by atoms with Crippen LogP contribution in [0.15, 0.2) is 0 Å². The van der Waals surface area contributed by atoms with Crippen LogP contribution in [-0.4, -0.2) is 37.0 Å². The molecule has 0 aliphatic heterocycles. The zero-order chi connectivity index (χ0) is 11.1. The summed E-state index contributed by atoms with van der Waals surface area (Å²) in [4.78, 5) is 13.6. The van der Waals surface area contributed by atoms with E-state index in [0.717, 1.165) is 6.54 Å². The zero-order valence-electron chi connectivity index (χ0n) is 10.1. The van der Waals surface area contributed by atoms with Gasteiger partial charge in [0, 0.05) is 12.6 Å². The van der Waals surface area contributed by atoms with Crippen molar-refractivity contribution in [3.05, 3.63) is 0 Å². The van der Waals surface area contributed by atoms with E-state index in [4.69, 9.17) is 0 Å². The van der Waals surface area contributed by atoms with Gasteiger partial charge in [-0.2, -0.15) is 0 Å². The SMILES string of the molecule is CCNC(=O)CN(C)C1CCCCCC1. The lowest BCUT2D eigenvalue weighted by Gasteiger charge is -2.26. The first kappa shape index (κ1) is 12.5. The molecule has 1 aliphatic carbocycles. The van der Waals surface area contributed by atoms with Crippen LogP contribution in [0, 0.1) is 0 Å². The van der Waals surface area contributed by atoms with Crippen molar-refractivity contribution < 1.29 is 4.79 Å². The van der Waals surface area contributed by atoms with Gasteiger partial charge in [-0.05, 0) is 26.8 Å². The molecule has 0 aromatic heterocycles. The average molecular weight is 212 g/mol. The Morgan fingerprint density at radius 2 is 1.87 bits per heavy atom. The highest BCUT2D eigenvalue weighted by molar-refractivity contribution is 5.77. The van der Waals surface area contributed by atoms with E-state index in [0.29, 0.717) is 12.6 Å². The average Bonchev–Trinajstić information content (AvgIpc) is 2.45. The van der Waals surface area contributed by atoms with Gasteiger partial charge in [0.2, 0.25) is 5.91 Å². The molecule has 1 rings (SSSR count). The minimum atomic E-state index is 0.157. The topological polar surface area (TPSA) is 32.3 Å². The first-order valence-corrected chi connectivity index (χ1v) is 6.21. The molecule has 1 aliphatic rings. The van der Waals surface area contributed by atoms with Crippen molar-refractivity contribution in [1.29, 1.82) is 0 Å². The summed E-state index contributed by atoms with van der Waals surface area (Å²) in [6, 6.07) is 0.620. The second-order valence-corrected chi connectivity index (χ2v) is 4.51. The van der Waals surface area contributed by atoms with Gasteiger partial charge in [-0.3, -0.25) is 9.69 Å². The van der Waals surface area contributed by atoms with Crippen molar-refractivity contribution >= 4 is 5.91 Å². The van der Waals surface area contributed by atoms with Crippen molar-refractivity contribution in [3.8, 4) is 0 Å². The molecule has 0 radical (unpaired) electrons. The maximum Gasteiger partial charge on any atom is 0.234 e. The van der Waals surface area contributed by atoms with Crippen LogP contribution in [0.1, 0.15) is 45.4 Å². The molecule has 1 N–H and O–H groups in total. The molecule has 1 amide bonds. The molecule has 0 atom stereocenters. The van der Waals surface area contributed by atoms with E-state index in [1.165, 1.54) is 38.5 Å². The maximum absolute atomic E-state index is 11.4. The lowest BCUT2D eigenvalue weighted by atomic mass is 10.1. The highest BCUT2D eigenvalue weighted by Crippen LogP contribution is 2.20. The van der Waals surface area contributed by atoms with Gasteiger partial charge in [0.25, 0.3) is 0 Å². The quantitative estimate of drug-likeness (QED) is 0.720. The van der Waals surface area contributed by atoms with Crippen LogP contribution in [-0.2, 0) is 4.79 Å². The fraction of sp³-hybridized carbons (Fsp3) is 0.917. The van der Waals surface area contributed by atoms with Crippen LogP contribution in [0.2, 0.25) is 0 Å². The molecule has 0 spiro atoms. The van der Waals surface area contributed by atoms with E-state index in [9.17, 15) is 4.79 Å². The summed E-state index contributed by atoms with van der Waals surface area (Å²) in [7, 11) is 2.07. The number of rotatable bonds is 4. The molecule has 3 heteroatoms. The Labute approximate surface area is 93.2 Å². The van der Waals surface area contributed by atoms with Crippen molar-refractivity contribution in [2.45, 2.75) is 51.5 Å². The number of hydrogen-bond acceptors (Lipinski definition) is 2. The fourth-order valence-corrected chi connectivity index (χ4v) is 2.31. The lowest BCUT2D eigenvalue weighted by Crippen LogP contribution is -2.40. The third kappa shape index (κ3) is 4.65. The number of amides is 1. The molecule has 0 saturated heterocycles. The Balaban J connectivity index is 2.30. The summed E-state index contributed by atoms with van der Waals surface area (Å²) in [6.07, 6.45) is 7.90. The molecule has 0 unspecified atom stereocenters. The Kier molecular flexibility index (Phi) is 5.69. The van der Waals surface area contributed by atoms with Crippen LogP contribution < -0.4 is 5.32 Å². The van der Waals surface area contributed by atoms with E-state index in [1.54, 1.807) is 0 Å². The number of carbonyl (C=O) groups is 1. The third-order valence-electron chi connectivity index (χ3n) is 3.21. The van der Waals surface area contributed by atoms with Gasteiger partial charge in [-0.1, -0.05) is 25.7 Å². The normalized spacial score (nSPS) is 18.9. The molecular weight excluding hydrogens is 188 g/mol. The number of nitrogens with one attached hydrogen (secondary N) is 1. The van der Waals surface area contributed by atoms with Crippen LogP contribution in [0.25, 0.3) is 0 Å². The minimum Gasteiger partial charge on any atom is -0.355 e. The van der Waals surface area contributed by atoms with Gasteiger partial charge in [0.1, 0.15) is 0 Å². The molecule has 3 nitrogen and oxygen atoms in total. The molecule has 1 saturated carbocycles. The van der Waals surface area contributed by atoms with E-state index < -0.39 is 0 Å². The first-order valence-electron chi connectivity index (χ1n) is 6.21. The zero-order valence-corrected chi connectivity index (χ0v) is 10.1. The molecule has 88 valence electrons. The fourth-order valence-electron chi connectivity index (χ4n) is 2.31. The number of likely N-dealkylation sites (N-methyl/N-ethyl adjacent to an activating group) is 2. The highest BCUT2D eigenvalue weighted by atomic mass is 16.2. The molecule has 0 aromatic rings. The highest BCUT2D eigenvalue weighted by Gasteiger charge is 2.18. The van der Waals surface area contributed by atoms with E-state index in [-0.39, 0.29) is 5.91 Å². The summed E-state index contributed by atoms with van der Waals surface area (Å²) in [5.41, 5.74) is 0. The smallest absolute Gasteiger partial charge is 0.234 e. The molecule has 0 aromatic carbocycles. The van der Waals surface area contributed by atoms with Gasteiger partial charge < -0.3 is 5.32 Å². The van der Waals surface area contributed by atoms with E-state index in [1.807, 2.05) is 6.92 Å². The maximum atomic E-state index is 11.4. The molecular formula is C12H24N2O. The van der Waals surface area contributed by atoms with Gasteiger partial charge >= 0.3 is 0 Å². The first-order chi connectivity index (χ1) is 7.24. The Hall–Kier alpha value is -0.570. The summed E-state index contributed by atoms with van der Waals surface area (Å²) in [5.74, 6) is 0.157. The summed E-state index contributed by atoms with van der Waals surface area (Å²) >= 11 is 0. The standard InChI is InChI=1S/C12H24N2O/c1-3-13-12(15)10-14(2)11-8-6-4-5-7-9-11/h11H,3-10H2,1-2H3,(H,13,15). The van der Waals surface area contributed by atoms with Crippen molar-refractivity contribution in [1.82, 2.24) is 10.2 Å². The molecule has 0 heterocycles. The largest absolute Gasteiger partial charge is 0.355 e. The Morgan fingerprint density at radius 3 is 2.40 bits per heavy atom. The second kappa shape index (κ2) is 6.83. The summed E-state index contributed by atoms with van der Waals surface area (Å²) in [6.45, 7) is 3.25. The third-order valence-corrected chi connectivity index (χ3v) is 3.21. The predicted molar refractivity (Wildman–Crippen MR) is 62.8 cm³/mol. The Morgan fingerprint density at radius 1 is 1.27 bits per heavy atom. The lowest BCUT2D eigenvalue weighted by molar-refractivity contribution is -0.122. The number of hydrogen-bond donors (Lipinski definition) is 1. The van der Waals surface area contributed by atoms with Gasteiger partial charge in [0.05, 0.1) is 6.54 Å². The van der Waals surface area contributed by atoms with Crippen molar-refractivity contribution in [2.75, 3.05) is 20.1 Å². The summed E-state index contributed by atoms with van der Waals surface area (Å²) < 4.78 is 0. The number of carbonyl (C=O) groups excluding carboxylic acids is 1. The van der Waals surface area contributed by atoms with Crippen LogP contribution in [0.5, 0.6) is 0 Å². The minimum absolute atomic E-state index is 0.157. The second-order valence-electron chi connectivity index (χ2n) is 4.51. The summed E-state index contributed by atoms with van der Waals surface area (Å²) in [5, 5.41) is 2.85. The number of nitrogens with zero attached hydrogens (tertiary/aromatic N) is 1. The van der Waals surface area contributed by atoms with Crippen molar-refractivity contribution in [3.63, 3.8) is 0 Å². The van der Waals surface area contributed by atoms with E-state index in [2.05, 4.69) is 17.3 Å². The molecule has 0 bridgehead atoms. The van der Waals surface area contributed by atoms with Crippen LogP contribution >= 0.6 is 0 Å². The predicted octanol–water partition coefficient (Wildman–Crippen LogP) is 1.78. The van der Waals surface area contributed by atoms with Crippen LogP contribution in [0.4, 0.5) is 0 Å². The van der Waals surface area contributed by atoms with Gasteiger partial charge in [0.15, 0.2) is 0 Å². The van der Waals surface area contributed by atoms with Crippen molar-refractivity contribution in [2.24, 2.45) is 0 Å². The van der Waals surface area contributed by atoms with Gasteiger partial charge in [-0.25, -0.2) is 0 Å².